The van der Waals surface area contributed by atoms with Crippen LogP contribution in [0, 0.1) is 5.92 Å². The van der Waals surface area contributed by atoms with Gasteiger partial charge in [0.1, 0.15) is 0 Å². The van der Waals surface area contributed by atoms with Crippen molar-refractivity contribution in [1.82, 2.24) is 4.90 Å². The van der Waals surface area contributed by atoms with Crippen molar-refractivity contribution in [2.24, 2.45) is 5.92 Å². The predicted octanol–water partition coefficient (Wildman–Crippen LogP) is 4.92. The Morgan fingerprint density at radius 3 is 2.50 bits per heavy atom. The van der Waals surface area contributed by atoms with E-state index in [0.717, 1.165) is 5.92 Å². The van der Waals surface area contributed by atoms with Crippen LogP contribution in [0.4, 0.5) is 0 Å². The smallest absolute Gasteiger partial charge is 0.0173 e. The van der Waals surface area contributed by atoms with E-state index >= 15 is 0 Å². The normalized spacial score (nSPS) is 30.3. The maximum Gasteiger partial charge on any atom is 0.0173 e. The van der Waals surface area contributed by atoms with Gasteiger partial charge in [-0.15, -0.1) is 0 Å². The molecule has 3 unspecified atom stereocenters. The standard InChI is InChI=1S/C23H27N/c1-16(2)11-12-24-14-22-18-8-4-3-7-17(18)20-13-23(22,15-24)21-10-6-5-9-19(20)21/h3-10,16,20,22H,11-15H2,1-2H3. The first kappa shape index (κ1) is 14.7. The van der Waals surface area contributed by atoms with Crippen molar-refractivity contribution in [2.45, 2.75) is 43.9 Å². The van der Waals surface area contributed by atoms with Crippen molar-refractivity contribution in [1.29, 1.82) is 0 Å². The zero-order valence-corrected chi connectivity index (χ0v) is 14.8. The molecule has 124 valence electrons. The van der Waals surface area contributed by atoms with Gasteiger partial charge in [-0.05, 0) is 47.6 Å². The fourth-order valence-electron chi connectivity index (χ4n) is 5.76. The second-order valence-electron chi connectivity index (χ2n) is 8.60. The molecule has 1 spiro atoms. The van der Waals surface area contributed by atoms with Gasteiger partial charge in [-0.25, -0.2) is 0 Å². The number of nitrogens with zero attached hydrogens (tertiary/aromatic N) is 1. The van der Waals surface area contributed by atoms with E-state index in [-0.39, 0.29) is 0 Å². The van der Waals surface area contributed by atoms with Crippen LogP contribution in [0.5, 0.6) is 0 Å². The molecule has 3 atom stereocenters. The fraction of sp³-hybridized carbons (Fsp3) is 0.478. The Labute approximate surface area is 145 Å². The minimum absolute atomic E-state index is 0.368. The van der Waals surface area contributed by atoms with Crippen molar-refractivity contribution in [3.05, 3.63) is 70.8 Å². The minimum atomic E-state index is 0.368. The highest BCUT2D eigenvalue weighted by Crippen LogP contribution is 2.62. The zero-order valence-electron chi connectivity index (χ0n) is 14.8. The van der Waals surface area contributed by atoms with E-state index in [4.69, 9.17) is 0 Å². The highest BCUT2D eigenvalue weighted by molar-refractivity contribution is 5.58. The summed E-state index contributed by atoms with van der Waals surface area (Å²) >= 11 is 0. The second-order valence-corrected chi connectivity index (χ2v) is 8.60. The van der Waals surface area contributed by atoms with Crippen LogP contribution in [0.3, 0.4) is 0 Å². The van der Waals surface area contributed by atoms with Crippen LogP contribution in [0.25, 0.3) is 0 Å². The molecule has 24 heavy (non-hydrogen) atoms. The predicted molar refractivity (Wildman–Crippen MR) is 99.7 cm³/mol. The van der Waals surface area contributed by atoms with Crippen molar-refractivity contribution >= 4 is 0 Å². The summed E-state index contributed by atoms with van der Waals surface area (Å²) in [7, 11) is 0. The number of rotatable bonds is 3. The van der Waals surface area contributed by atoms with Gasteiger partial charge in [0.25, 0.3) is 0 Å². The molecule has 1 heteroatoms. The number of fused-ring (bicyclic) bond motifs is 3. The summed E-state index contributed by atoms with van der Waals surface area (Å²) in [5.41, 5.74) is 6.87. The molecule has 3 aliphatic rings. The van der Waals surface area contributed by atoms with Gasteiger partial charge in [0, 0.05) is 30.3 Å². The average molecular weight is 317 g/mol. The first-order chi connectivity index (χ1) is 11.7. The Morgan fingerprint density at radius 1 is 1.00 bits per heavy atom. The van der Waals surface area contributed by atoms with Gasteiger partial charge in [0.15, 0.2) is 0 Å². The van der Waals surface area contributed by atoms with Crippen LogP contribution in [0.2, 0.25) is 0 Å². The average Bonchev–Trinajstić information content (AvgIpc) is 3.12. The van der Waals surface area contributed by atoms with Gasteiger partial charge < -0.3 is 4.90 Å². The van der Waals surface area contributed by atoms with E-state index in [0.29, 0.717) is 17.3 Å². The molecule has 1 heterocycles. The van der Waals surface area contributed by atoms with Gasteiger partial charge in [-0.2, -0.15) is 0 Å². The molecule has 1 aliphatic heterocycles. The third-order valence-electron chi connectivity index (χ3n) is 6.82. The molecule has 5 rings (SSSR count). The van der Waals surface area contributed by atoms with E-state index in [9.17, 15) is 0 Å². The number of hydrogen-bond donors (Lipinski definition) is 0. The number of hydrogen-bond acceptors (Lipinski definition) is 1. The van der Waals surface area contributed by atoms with Crippen LogP contribution in [-0.2, 0) is 5.41 Å². The molecule has 2 bridgehead atoms. The lowest BCUT2D eigenvalue weighted by molar-refractivity contribution is 0.287. The third kappa shape index (κ3) is 1.91. The molecular weight excluding hydrogens is 290 g/mol. The molecule has 1 fully saturated rings. The molecular formula is C23H27N. The van der Waals surface area contributed by atoms with Gasteiger partial charge in [-0.1, -0.05) is 62.4 Å². The van der Waals surface area contributed by atoms with Crippen LogP contribution >= 0.6 is 0 Å². The summed E-state index contributed by atoms with van der Waals surface area (Å²) in [4.78, 5) is 2.76. The summed E-state index contributed by atoms with van der Waals surface area (Å²) in [5, 5.41) is 0. The molecule has 0 saturated carbocycles. The third-order valence-corrected chi connectivity index (χ3v) is 6.82. The Kier molecular flexibility index (Phi) is 3.19. The molecule has 0 radical (unpaired) electrons. The van der Waals surface area contributed by atoms with Crippen molar-refractivity contribution in [3.63, 3.8) is 0 Å². The van der Waals surface area contributed by atoms with Crippen molar-refractivity contribution in [2.75, 3.05) is 19.6 Å². The quantitative estimate of drug-likeness (QED) is 0.777. The molecule has 0 aromatic heterocycles. The van der Waals surface area contributed by atoms with E-state index in [1.165, 1.54) is 32.5 Å². The molecule has 2 aliphatic carbocycles. The zero-order chi connectivity index (χ0) is 16.3. The number of likely N-dealkylation sites (tertiary alicyclic amines) is 1. The number of benzene rings is 2. The summed E-state index contributed by atoms with van der Waals surface area (Å²) in [6, 6.07) is 18.6. The topological polar surface area (TPSA) is 3.24 Å². The summed E-state index contributed by atoms with van der Waals surface area (Å²) in [5.74, 6) is 2.10. The molecule has 0 amide bonds. The van der Waals surface area contributed by atoms with Crippen molar-refractivity contribution in [3.8, 4) is 0 Å². The molecule has 0 N–H and O–H groups in total. The lowest BCUT2D eigenvalue weighted by Crippen LogP contribution is -2.35. The first-order valence-electron chi connectivity index (χ1n) is 9.59. The van der Waals surface area contributed by atoms with Gasteiger partial charge in [-0.3, -0.25) is 0 Å². The maximum atomic E-state index is 2.76. The Balaban J connectivity index is 1.62. The molecule has 2 aromatic rings. The summed E-state index contributed by atoms with van der Waals surface area (Å²) < 4.78 is 0. The van der Waals surface area contributed by atoms with E-state index < -0.39 is 0 Å². The van der Waals surface area contributed by atoms with Gasteiger partial charge in [0.2, 0.25) is 0 Å². The van der Waals surface area contributed by atoms with Gasteiger partial charge in [0.05, 0.1) is 0 Å². The highest BCUT2D eigenvalue weighted by Gasteiger charge is 2.57. The van der Waals surface area contributed by atoms with E-state index in [2.05, 4.69) is 67.3 Å². The Morgan fingerprint density at radius 2 is 1.71 bits per heavy atom. The minimum Gasteiger partial charge on any atom is -0.302 e. The summed E-state index contributed by atoms with van der Waals surface area (Å²) in [6.45, 7) is 8.44. The van der Waals surface area contributed by atoms with Crippen LogP contribution in [0.1, 0.15) is 60.8 Å². The van der Waals surface area contributed by atoms with Crippen LogP contribution in [-0.4, -0.2) is 24.5 Å². The van der Waals surface area contributed by atoms with E-state index in [1.807, 2.05) is 0 Å². The SMILES string of the molecule is CC(C)CCN1CC2c3ccccc3C3CC2(C1)c1ccccc13. The lowest BCUT2D eigenvalue weighted by Gasteiger charge is -2.37. The lowest BCUT2D eigenvalue weighted by atomic mass is 9.65. The van der Waals surface area contributed by atoms with Gasteiger partial charge >= 0.3 is 0 Å². The second kappa shape index (κ2) is 5.20. The largest absolute Gasteiger partial charge is 0.302 e. The Bertz CT molecular complexity index is 766. The molecule has 2 aromatic carbocycles. The maximum absolute atomic E-state index is 2.76. The molecule has 1 nitrogen and oxygen atoms in total. The Hall–Kier alpha value is -1.60. The fourth-order valence-corrected chi connectivity index (χ4v) is 5.76. The van der Waals surface area contributed by atoms with E-state index in [1.54, 1.807) is 22.3 Å². The summed E-state index contributed by atoms with van der Waals surface area (Å²) in [6.07, 6.45) is 2.64. The van der Waals surface area contributed by atoms with Crippen LogP contribution in [0.15, 0.2) is 48.5 Å². The highest BCUT2D eigenvalue weighted by atomic mass is 15.2. The molecule has 1 saturated heterocycles. The first-order valence-corrected chi connectivity index (χ1v) is 9.59. The van der Waals surface area contributed by atoms with Crippen LogP contribution < -0.4 is 0 Å². The van der Waals surface area contributed by atoms with Crippen molar-refractivity contribution < 1.29 is 0 Å². The monoisotopic (exact) mass is 317 g/mol.